The third-order valence-corrected chi connectivity index (χ3v) is 2.92. The van der Waals surface area contributed by atoms with Gasteiger partial charge >= 0.3 is 0 Å². The number of nitrogens with zero attached hydrogens (tertiary/aromatic N) is 3. The molecule has 18 heavy (non-hydrogen) atoms. The fraction of sp³-hybridized carbons (Fsp3) is 0.400. The summed E-state index contributed by atoms with van der Waals surface area (Å²) in [5.74, 6) is 2.02. The predicted molar refractivity (Wildman–Crippen MR) is 71.1 cm³/mol. The summed E-state index contributed by atoms with van der Waals surface area (Å²) in [6.07, 6.45) is 1.80. The van der Waals surface area contributed by atoms with Crippen LogP contribution in [0, 0.1) is 11.5 Å². The zero-order valence-electron chi connectivity index (χ0n) is 9.93. The molecule has 0 atom stereocenters. The molecule has 1 aromatic heterocycles. The Hall–Kier alpha value is -2.01. The number of hydrogen-bond acceptors (Lipinski definition) is 5. The van der Waals surface area contributed by atoms with E-state index in [1.54, 1.807) is 31.1 Å². The lowest BCUT2D eigenvalue weighted by Crippen LogP contribution is -2.35. The molecule has 0 saturated carbocycles. The second-order valence-electron chi connectivity index (χ2n) is 3.20. The van der Waals surface area contributed by atoms with E-state index >= 15 is 0 Å². The summed E-state index contributed by atoms with van der Waals surface area (Å²) in [6.45, 7) is 0.690. The minimum atomic E-state index is -0.197. The molecule has 0 fully saturated rings. The summed E-state index contributed by atoms with van der Waals surface area (Å²) in [6, 6.07) is 3.16. The van der Waals surface area contributed by atoms with E-state index in [0.717, 1.165) is 17.2 Å². The SMILES string of the molecule is CN=C(NC#N)NCCSCc1ccc(=O)[nH]n1. The molecule has 0 aromatic carbocycles. The van der Waals surface area contributed by atoms with Gasteiger partial charge in [-0.3, -0.25) is 15.1 Å². The van der Waals surface area contributed by atoms with Gasteiger partial charge in [0.25, 0.3) is 5.56 Å². The highest BCUT2D eigenvalue weighted by atomic mass is 32.2. The van der Waals surface area contributed by atoms with Crippen molar-refractivity contribution in [2.24, 2.45) is 4.99 Å². The Kier molecular flexibility index (Phi) is 6.35. The zero-order chi connectivity index (χ0) is 13.2. The quantitative estimate of drug-likeness (QED) is 0.221. The van der Waals surface area contributed by atoms with Gasteiger partial charge in [-0.1, -0.05) is 0 Å². The van der Waals surface area contributed by atoms with Gasteiger partial charge < -0.3 is 5.32 Å². The highest BCUT2D eigenvalue weighted by Crippen LogP contribution is 2.06. The molecule has 0 spiro atoms. The monoisotopic (exact) mass is 266 g/mol. The third kappa shape index (κ3) is 5.36. The number of nitriles is 1. The second kappa shape index (κ2) is 8.14. The number of H-pyrrole nitrogens is 1. The van der Waals surface area contributed by atoms with Gasteiger partial charge in [-0.05, 0) is 6.07 Å². The Morgan fingerprint density at radius 1 is 1.67 bits per heavy atom. The standard InChI is InChI=1S/C10H14N6OS/c1-12-10(14-7-11)13-4-5-18-6-8-2-3-9(17)16-15-8/h2-3H,4-6H2,1H3,(H,16,17)(H2,12,13,14). The molecule has 8 heteroatoms. The van der Waals surface area contributed by atoms with Crippen LogP contribution in [0.5, 0.6) is 0 Å². The second-order valence-corrected chi connectivity index (χ2v) is 4.31. The first-order valence-corrected chi connectivity index (χ1v) is 6.40. The van der Waals surface area contributed by atoms with Crippen LogP contribution in [0.3, 0.4) is 0 Å². The van der Waals surface area contributed by atoms with Gasteiger partial charge in [0.05, 0.1) is 5.69 Å². The molecular weight excluding hydrogens is 252 g/mol. The van der Waals surface area contributed by atoms with Crippen LogP contribution in [-0.4, -0.2) is 35.5 Å². The average Bonchev–Trinajstić information content (AvgIpc) is 2.39. The maximum atomic E-state index is 10.8. The number of nitrogens with one attached hydrogen (secondary N) is 3. The Labute approximate surface area is 109 Å². The largest absolute Gasteiger partial charge is 0.355 e. The van der Waals surface area contributed by atoms with Crippen LogP contribution in [0.4, 0.5) is 0 Å². The first-order chi connectivity index (χ1) is 8.76. The Morgan fingerprint density at radius 2 is 2.50 bits per heavy atom. The molecule has 0 bridgehead atoms. The van der Waals surface area contributed by atoms with Crippen molar-refractivity contribution in [2.45, 2.75) is 5.75 Å². The predicted octanol–water partition coefficient (Wildman–Crippen LogP) is -0.351. The van der Waals surface area contributed by atoms with E-state index in [9.17, 15) is 4.79 Å². The van der Waals surface area contributed by atoms with Crippen molar-refractivity contribution in [1.29, 1.82) is 5.26 Å². The summed E-state index contributed by atoms with van der Waals surface area (Å²) < 4.78 is 0. The van der Waals surface area contributed by atoms with Crippen molar-refractivity contribution < 1.29 is 0 Å². The third-order valence-electron chi connectivity index (χ3n) is 1.92. The normalized spacial score (nSPS) is 10.8. The molecule has 96 valence electrons. The number of aromatic nitrogens is 2. The number of thioether (sulfide) groups is 1. The Bertz CT molecular complexity index is 471. The van der Waals surface area contributed by atoms with E-state index in [1.165, 1.54) is 6.07 Å². The van der Waals surface area contributed by atoms with Gasteiger partial charge in [-0.25, -0.2) is 5.10 Å². The van der Waals surface area contributed by atoms with Gasteiger partial charge in [0.2, 0.25) is 5.96 Å². The number of guanidine groups is 1. The van der Waals surface area contributed by atoms with Crippen molar-refractivity contribution in [3.8, 4) is 6.19 Å². The molecule has 7 nitrogen and oxygen atoms in total. The van der Waals surface area contributed by atoms with E-state index in [4.69, 9.17) is 5.26 Å². The molecular formula is C10H14N6OS. The summed E-state index contributed by atoms with van der Waals surface area (Å²) in [7, 11) is 1.60. The van der Waals surface area contributed by atoms with Crippen molar-refractivity contribution in [3.05, 3.63) is 28.2 Å². The molecule has 1 heterocycles. The Balaban J connectivity index is 2.17. The van der Waals surface area contributed by atoms with Crippen molar-refractivity contribution >= 4 is 17.7 Å². The fourth-order valence-electron chi connectivity index (χ4n) is 1.10. The topological polar surface area (TPSA) is 106 Å². The minimum Gasteiger partial charge on any atom is -0.355 e. The van der Waals surface area contributed by atoms with Crippen molar-refractivity contribution in [1.82, 2.24) is 20.8 Å². The molecule has 0 aliphatic carbocycles. The summed E-state index contributed by atoms with van der Waals surface area (Å²) in [5.41, 5.74) is 0.635. The van der Waals surface area contributed by atoms with E-state index in [-0.39, 0.29) is 5.56 Å². The van der Waals surface area contributed by atoms with Gasteiger partial charge in [0.1, 0.15) is 0 Å². The molecule has 1 rings (SSSR count). The Morgan fingerprint density at radius 3 is 3.11 bits per heavy atom. The molecule has 0 radical (unpaired) electrons. The van der Waals surface area contributed by atoms with Crippen molar-refractivity contribution in [2.75, 3.05) is 19.3 Å². The van der Waals surface area contributed by atoms with E-state index < -0.39 is 0 Å². The van der Waals surface area contributed by atoms with Crippen LogP contribution in [0.2, 0.25) is 0 Å². The van der Waals surface area contributed by atoms with Crippen LogP contribution < -0.4 is 16.2 Å². The number of aliphatic imine (C=N–C) groups is 1. The van der Waals surface area contributed by atoms with E-state index in [1.807, 2.05) is 0 Å². The molecule has 0 unspecified atom stereocenters. The van der Waals surface area contributed by atoms with E-state index in [2.05, 4.69) is 25.8 Å². The van der Waals surface area contributed by atoms with Crippen LogP contribution in [-0.2, 0) is 5.75 Å². The number of rotatable bonds is 5. The average molecular weight is 266 g/mol. The molecule has 0 aliphatic rings. The summed E-state index contributed by atoms with van der Waals surface area (Å²) in [5, 5.41) is 20.1. The summed E-state index contributed by atoms with van der Waals surface area (Å²) in [4.78, 5) is 14.6. The zero-order valence-corrected chi connectivity index (χ0v) is 10.8. The van der Waals surface area contributed by atoms with Crippen LogP contribution >= 0.6 is 11.8 Å². The van der Waals surface area contributed by atoms with Gasteiger partial charge in [-0.15, -0.1) is 0 Å². The van der Waals surface area contributed by atoms with Crippen LogP contribution in [0.1, 0.15) is 5.69 Å². The molecule has 1 aromatic rings. The first kappa shape index (κ1) is 14.1. The van der Waals surface area contributed by atoms with Gasteiger partial charge in [0, 0.05) is 31.2 Å². The van der Waals surface area contributed by atoms with Crippen LogP contribution in [0.15, 0.2) is 21.9 Å². The number of aromatic amines is 1. The highest BCUT2D eigenvalue weighted by molar-refractivity contribution is 7.98. The molecule has 0 saturated heterocycles. The first-order valence-electron chi connectivity index (χ1n) is 5.24. The van der Waals surface area contributed by atoms with Crippen molar-refractivity contribution in [3.63, 3.8) is 0 Å². The van der Waals surface area contributed by atoms with Crippen LogP contribution in [0.25, 0.3) is 0 Å². The fourth-order valence-corrected chi connectivity index (χ4v) is 1.86. The molecule has 0 amide bonds. The van der Waals surface area contributed by atoms with Gasteiger partial charge in [-0.2, -0.15) is 22.1 Å². The molecule has 0 aliphatic heterocycles. The maximum absolute atomic E-state index is 10.8. The minimum absolute atomic E-state index is 0.197. The maximum Gasteiger partial charge on any atom is 0.264 e. The summed E-state index contributed by atoms with van der Waals surface area (Å²) >= 11 is 1.67. The number of hydrogen-bond donors (Lipinski definition) is 3. The molecule has 3 N–H and O–H groups in total. The lowest BCUT2D eigenvalue weighted by atomic mass is 10.4. The lowest BCUT2D eigenvalue weighted by molar-refractivity contribution is 0.923. The lowest BCUT2D eigenvalue weighted by Gasteiger charge is -2.06. The van der Waals surface area contributed by atoms with E-state index in [0.29, 0.717) is 12.5 Å². The highest BCUT2D eigenvalue weighted by Gasteiger charge is 1.97. The smallest absolute Gasteiger partial charge is 0.264 e. The van der Waals surface area contributed by atoms with Gasteiger partial charge in [0.15, 0.2) is 6.19 Å².